The molecule has 1 heteroatoms. The molecule has 0 radical (unpaired) electrons. The van der Waals surface area contributed by atoms with Crippen molar-refractivity contribution in [3.05, 3.63) is 0 Å². The second-order valence-electron chi connectivity index (χ2n) is 3.09. The van der Waals surface area contributed by atoms with Crippen molar-refractivity contribution in [1.82, 2.24) is 0 Å². The Bertz CT molecular complexity index is 72.5. The third-order valence-corrected chi connectivity index (χ3v) is 4.02. The maximum atomic E-state index is 2.42. The third kappa shape index (κ3) is 1.23. The first-order valence-electron chi connectivity index (χ1n) is 3.47. The van der Waals surface area contributed by atoms with Crippen molar-refractivity contribution in [2.24, 2.45) is 5.41 Å². The van der Waals surface area contributed by atoms with Gasteiger partial charge in [0.1, 0.15) is 0 Å². The van der Waals surface area contributed by atoms with Crippen molar-refractivity contribution in [3.8, 4) is 0 Å². The van der Waals surface area contributed by atoms with Gasteiger partial charge in [0.05, 0.1) is 0 Å². The van der Waals surface area contributed by atoms with Gasteiger partial charge in [-0.25, -0.2) is 0 Å². The minimum atomic E-state index is 0.748. The zero-order valence-corrected chi connectivity index (χ0v) is 6.83. The Balaban J connectivity index is 2.40. The average Bonchev–Trinajstić information content (AvgIpc) is 2.17. The smallest absolute Gasteiger partial charge is 0.0288 e. The van der Waals surface area contributed by atoms with Crippen LogP contribution in [0, 0.1) is 5.41 Å². The average molecular weight is 130 g/mol. The first-order chi connectivity index (χ1) is 3.77. The number of hydrogen-bond donors (Lipinski definition) is 0. The van der Waals surface area contributed by atoms with Crippen LogP contribution in [0.4, 0.5) is 0 Å². The zero-order valence-electron chi connectivity index (χ0n) is 5.83. The fourth-order valence-electron chi connectivity index (χ4n) is 1.17. The van der Waals surface area contributed by atoms with E-state index in [0.717, 1.165) is 5.41 Å². The van der Waals surface area contributed by atoms with Gasteiger partial charge in [-0.05, 0) is 24.2 Å². The lowest BCUT2D eigenvalue weighted by molar-refractivity contribution is 0.364. The second-order valence-corrected chi connectivity index (χ2v) is 4.44. The van der Waals surface area contributed by atoms with Crippen LogP contribution in [0.25, 0.3) is 0 Å². The Morgan fingerprint density at radius 2 is 2.38 bits per heavy atom. The monoisotopic (exact) mass is 130 g/mol. The molecule has 8 heavy (non-hydrogen) atoms. The van der Waals surface area contributed by atoms with Crippen molar-refractivity contribution in [2.45, 2.75) is 26.7 Å². The van der Waals surface area contributed by atoms with Gasteiger partial charge in [0, 0.05) is 0 Å². The van der Waals surface area contributed by atoms with Gasteiger partial charge >= 0.3 is 0 Å². The molecular weight excluding hydrogens is 115 g/mol. The van der Waals surface area contributed by atoms with E-state index in [1.807, 2.05) is 0 Å². The molecule has 0 amide bonds. The van der Waals surface area contributed by atoms with Gasteiger partial charge in [-0.3, -0.25) is 0 Å². The molecule has 1 fully saturated rings. The zero-order chi connectivity index (χ0) is 6.04. The van der Waals surface area contributed by atoms with Crippen LogP contribution < -0.4 is 0 Å². The summed E-state index contributed by atoms with van der Waals surface area (Å²) in [6, 6.07) is 0. The molecule has 1 rings (SSSR count). The Labute approximate surface area is 53.8 Å². The third-order valence-electron chi connectivity index (χ3n) is 2.31. The fourth-order valence-corrected chi connectivity index (χ4v) is 3.16. The molecule has 1 aliphatic rings. The van der Waals surface area contributed by atoms with E-state index in [1.165, 1.54) is 33.7 Å². The predicted molar refractivity (Wildman–Crippen MR) is 41.1 cm³/mol. The highest BCUT2D eigenvalue weighted by Crippen LogP contribution is 2.41. The maximum absolute atomic E-state index is 2.42. The molecule has 0 bridgehead atoms. The predicted octanol–water partition coefficient (Wildman–Crippen LogP) is 2.48. The lowest BCUT2D eigenvalue weighted by Gasteiger charge is -2.19. The highest BCUT2D eigenvalue weighted by Gasteiger charge is 2.25. The van der Waals surface area contributed by atoms with Crippen molar-refractivity contribution in [2.75, 3.05) is 12.3 Å². The van der Waals surface area contributed by atoms with Crippen LogP contribution in [0.3, 0.4) is 0 Å². The van der Waals surface area contributed by atoms with E-state index in [0.29, 0.717) is 0 Å². The van der Waals surface area contributed by atoms with E-state index in [2.05, 4.69) is 13.8 Å². The Morgan fingerprint density at radius 1 is 1.62 bits per heavy atom. The van der Waals surface area contributed by atoms with Gasteiger partial charge in [-0.1, -0.05) is 20.3 Å². The SMILES string of the molecule is CCC1(C)CCPC1. The number of hydrogen-bond acceptors (Lipinski definition) is 0. The first kappa shape index (κ1) is 6.55. The summed E-state index contributed by atoms with van der Waals surface area (Å²) < 4.78 is 0. The topological polar surface area (TPSA) is 0 Å². The lowest BCUT2D eigenvalue weighted by atomic mass is 9.88. The summed E-state index contributed by atoms with van der Waals surface area (Å²) in [5.41, 5.74) is 0.748. The Morgan fingerprint density at radius 3 is 2.62 bits per heavy atom. The molecule has 48 valence electrons. The van der Waals surface area contributed by atoms with Crippen molar-refractivity contribution in [3.63, 3.8) is 0 Å². The molecule has 1 saturated heterocycles. The van der Waals surface area contributed by atoms with Crippen LogP contribution in [0.15, 0.2) is 0 Å². The molecule has 0 aromatic carbocycles. The normalized spacial score (nSPS) is 41.2. The first-order valence-corrected chi connectivity index (χ1v) is 4.89. The van der Waals surface area contributed by atoms with Crippen LogP contribution >= 0.6 is 8.58 Å². The van der Waals surface area contributed by atoms with Gasteiger partial charge in [-0.2, -0.15) is 0 Å². The minimum Gasteiger partial charge on any atom is -0.122 e. The van der Waals surface area contributed by atoms with Gasteiger partial charge in [0.2, 0.25) is 0 Å². The summed E-state index contributed by atoms with van der Waals surface area (Å²) in [6.45, 7) is 4.74. The molecule has 0 N–H and O–H groups in total. The highest BCUT2D eigenvalue weighted by atomic mass is 31.1. The van der Waals surface area contributed by atoms with Gasteiger partial charge < -0.3 is 0 Å². The largest absolute Gasteiger partial charge is 0.122 e. The van der Waals surface area contributed by atoms with Gasteiger partial charge in [-0.15, -0.1) is 8.58 Å². The van der Waals surface area contributed by atoms with E-state index < -0.39 is 0 Å². The molecule has 0 saturated carbocycles. The molecule has 0 nitrogen and oxygen atoms in total. The summed E-state index contributed by atoms with van der Waals surface area (Å²) in [6.07, 6.45) is 5.88. The summed E-state index contributed by atoms with van der Waals surface area (Å²) in [5.74, 6) is 0. The van der Waals surface area contributed by atoms with Crippen LogP contribution in [-0.2, 0) is 0 Å². The molecule has 0 spiro atoms. The van der Waals surface area contributed by atoms with Crippen molar-refractivity contribution >= 4 is 8.58 Å². The van der Waals surface area contributed by atoms with Gasteiger partial charge in [0.15, 0.2) is 0 Å². The van der Waals surface area contributed by atoms with Crippen LogP contribution in [-0.4, -0.2) is 12.3 Å². The van der Waals surface area contributed by atoms with E-state index in [1.54, 1.807) is 0 Å². The van der Waals surface area contributed by atoms with E-state index in [4.69, 9.17) is 0 Å². The maximum Gasteiger partial charge on any atom is -0.0288 e. The standard InChI is InChI=1S/C7H15P/c1-3-7(2)4-5-8-6-7/h8H,3-6H2,1-2H3. The summed E-state index contributed by atoms with van der Waals surface area (Å²) in [7, 11) is 1.27. The molecule has 0 aliphatic carbocycles. The molecule has 2 unspecified atom stereocenters. The molecule has 1 aliphatic heterocycles. The second kappa shape index (κ2) is 2.35. The summed E-state index contributed by atoms with van der Waals surface area (Å²) in [5, 5.41) is 0. The quantitative estimate of drug-likeness (QED) is 0.478. The highest BCUT2D eigenvalue weighted by molar-refractivity contribution is 7.38. The molecule has 2 atom stereocenters. The molecular formula is C7H15P. The van der Waals surface area contributed by atoms with Crippen molar-refractivity contribution < 1.29 is 0 Å². The van der Waals surface area contributed by atoms with Gasteiger partial charge in [0.25, 0.3) is 0 Å². The summed E-state index contributed by atoms with van der Waals surface area (Å²) in [4.78, 5) is 0. The van der Waals surface area contributed by atoms with Crippen LogP contribution in [0.2, 0.25) is 0 Å². The summed E-state index contributed by atoms with van der Waals surface area (Å²) >= 11 is 0. The Hall–Kier alpha value is 0.430. The lowest BCUT2D eigenvalue weighted by Crippen LogP contribution is -2.12. The van der Waals surface area contributed by atoms with E-state index in [-0.39, 0.29) is 0 Å². The minimum absolute atomic E-state index is 0.748. The van der Waals surface area contributed by atoms with E-state index in [9.17, 15) is 0 Å². The van der Waals surface area contributed by atoms with Crippen LogP contribution in [0.1, 0.15) is 26.7 Å². The van der Waals surface area contributed by atoms with Crippen LogP contribution in [0.5, 0.6) is 0 Å². The molecule has 0 aromatic heterocycles. The Kier molecular flexibility index (Phi) is 1.92. The van der Waals surface area contributed by atoms with E-state index >= 15 is 0 Å². The van der Waals surface area contributed by atoms with Crippen molar-refractivity contribution in [1.29, 1.82) is 0 Å². The molecule has 0 aromatic rings. The molecule has 1 heterocycles. The number of rotatable bonds is 1. The fraction of sp³-hybridized carbons (Fsp3) is 1.00.